The average Bonchev–Trinajstić information content (AvgIpc) is 3.01. The van der Waals surface area contributed by atoms with Gasteiger partial charge in [-0.05, 0) is 51.9 Å². The largest absolute Gasteiger partial charge is 0.396 e. The van der Waals surface area contributed by atoms with Crippen LogP contribution in [-0.2, 0) is 0 Å². The van der Waals surface area contributed by atoms with E-state index >= 15 is 0 Å². The number of aliphatic hydroxyl groups excluding tert-OH is 2. The maximum atomic E-state index is 13.2. The van der Waals surface area contributed by atoms with Gasteiger partial charge in [0.2, 0.25) is 0 Å². The molecule has 0 bridgehead atoms. The Hall–Kier alpha value is -0.490. The van der Waals surface area contributed by atoms with Crippen LogP contribution in [0.3, 0.4) is 0 Å². The lowest BCUT2D eigenvalue weighted by Crippen LogP contribution is -2.30. The van der Waals surface area contributed by atoms with Crippen molar-refractivity contribution in [2.24, 2.45) is 11.8 Å². The summed E-state index contributed by atoms with van der Waals surface area (Å²) in [5.41, 5.74) is 0.678. The van der Waals surface area contributed by atoms with Gasteiger partial charge in [0.25, 0.3) is 0 Å². The van der Waals surface area contributed by atoms with E-state index in [4.69, 9.17) is 0 Å². The van der Waals surface area contributed by atoms with Gasteiger partial charge in [-0.2, -0.15) is 0 Å². The lowest BCUT2D eigenvalue weighted by Gasteiger charge is -2.20. The van der Waals surface area contributed by atoms with E-state index in [2.05, 4.69) is 21.2 Å². The molecule has 0 spiro atoms. The van der Waals surface area contributed by atoms with Crippen molar-refractivity contribution in [3.63, 3.8) is 0 Å². The highest BCUT2D eigenvalue weighted by Crippen LogP contribution is 2.30. The monoisotopic (exact) mass is 373 g/mol. The molecule has 22 heavy (non-hydrogen) atoms. The second-order valence-electron chi connectivity index (χ2n) is 6.28. The number of nitrogens with one attached hydrogen (secondary N) is 1. The van der Waals surface area contributed by atoms with Gasteiger partial charge in [0.15, 0.2) is 0 Å². The molecule has 0 saturated heterocycles. The molecule has 5 heteroatoms. The normalized spacial score (nSPS) is 18.5. The zero-order valence-corrected chi connectivity index (χ0v) is 14.4. The standard InChI is InChI=1S/C17H25BrFNO2/c18-15-8-14(5-6-16(15)19)17(22)10-20-9-13(11-21)7-12-3-1-2-4-12/h5-6,8,12-13,17,20-22H,1-4,7,9-11H2. The van der Waals surface area contributed by atoms with Gasteiger partial charge in [-0.15, -0.1) is 0 Å². The first-order valence-electron chi connectivity index (χ1n) is 8.04. The first kappa shape index (κ1) is 17.9. The smallest absolute Gasteiger partial charge is 0.137 e. The summed E-state index contributed by atoms with van der Waals surface area (Å²) in [7, 11) is 0. The topological polar surface area (TPSA) is 52.5 Å². The van der Waals surface area contributed by atoms with Crippen molar-refractivity contribution in [1.82, 2.24) is 5.32 Å². The number of rotatable bonds is 8. The minimum atomic E-state index is -0.678. The van der Waals surface area contributed by atoms with Crippen LogP contribution in [0, 0.1) is 17.7 Å². The van der Waals surface area contributed by atoms with Crippen molar-refractivity contribution >= 4 is 15.9 Å². The highest BCUT2D eigenvalue weighted by Gasteiger charge is 2.20. The van der Waals surface area contributed by atoms with E-state index in [0.717, 1.165) is 12.3 Å². The minimum Gasteiger partial charge on any atom is -0.396 e. The van der Waals surface area contributed by atoms with Crippen LogP contribution in [0.25, 0.3) is 0 Å². The van der Waals surface area contributed by atoms with Gasteiger partial charge in [0.1, 0.15) is 5.82 Å². The predicted molar refractivity (Wildman–Crippen MR) is 89.1 cm³/mol. The number of halogens is 2. The molecule has 3 N–H and O–H groups in total. The third kappa shape index (κ3) is 5.30. The zero-order chi connectivity index (χ0) is 15.9. The van der Waals surface area contributed by atoms with Gasteiger partial charge in [-0.25, -0.2) is 4.39 Å². The molecule has 0 aromatic heterocycles. The molecule has 0 aliphatic heterocycles. The SMILES string of the molecule is OCC(CNCC(O)c1ccc(F)c(Br)c1)CC1CCCC1. The van der Waals surface area contributed by atoms with Gasteiger partial charge in [0, 0.05) is 19.7 Å². The van der Waals surface area contributed by atoms with E-state index in [1.165, 1.54) is 31.7 Å². The van der Waals surface area contributed by atoms with Gasteiger partial charge >= 0.3 is 0 Å². The van der Waals surface area contributed by atoms with Gasteiger partial charge in [-0.3, -0.25) is 0 Å². The summed E-state index contributed by atoms with van der Waals surface area (Å²) in [5, 5.41) is 22.8. The predicted octanol–water partition coefficient (Wildman–Crippen LogP) is 3.40. The Balaban J connectivity index is 1.74. The Morgan fingerprint density at radius 2 is 2.00 bits per heavy atom. The molecule has 1 aromatic carbocycles. The van der Waals surface area contributed by atoms with Crippen molar-refractivity contribution in [1.29, 1.82) is 0 Å². The van der Waals surface area contributed by atoms with Crippen LogP contribution in [0.5, 0.6) is 0 Å². The van der Waals surface area contributed by atoms with E-state index < -0.39 is 6.10 Å². The molecule has 1 aliphatic rings. The van der Waals surface area contributed by atoms with Crippen molar-refractivity contribution in [2.75, 3.05) is 19.7 Å². The van der Waals surface area contributed by atoms with E-state index in [1.807, 2.05) is 0 Å². The molecule has 1 aromatic rings. The fraction of sp³-hybridized carbons (Fsp3) is 0.647. The molecular weight excluding hydrogens is 349 g/mol. The van der Waals surface area contributed by atoms with Gasteiger partial charge in [0.05, 0.1) is 10.6 Å². The lowest BCUT2D eigenvalue weighted by molar-refractivity contribution is 0.160. The molecule has 3 nitrogen and oxygen atoms in total. The molecule has 0 heterocycles. The van der Waals surface area contributed by atoms with Crippen LogP contribution < -0.4 is 5.32 Å². The Bertz CT molecular complexity index is 466. The molecule has 124 valence electrons. The maximum Gasteiger partial charge on any atom is 0.137 e. The molecule has 2 unspecified atom stereocenters. The van der Waals surface area contributed by atoms with Crippen molar-refractivity contribution < 1.29 is 14.6 Å². The summed E-state index contributed by atoms with van der Waals surface area (Å²) < 4.78 is 13.5. The van der Waals surface area contributed by atoms with Crippen molar-refractivity contribution in [2.45, 2.75) is 38.2 Å². The molecule has 1 fully saturated rings. The molecule has 2 rings (SSSR count). The molecular formula is C17H25BrFNO2. The molecule has 0 amide bonds. The Kier molecular flexibility index (Phi) is 7.28. The highest BCUT2D eigenvalue weighted by atomic mass is 79.9. The second kappa shape index (κ2) is 8.96. The Morgan fingerprint density at radius 3 is 2.64 bits per heavy atom. The average molecular weight is 374 g/mol. The van der Waals surface area contributed by atoms with Gasteiger partial charge < -0.3 is 15.5 Å². The first-order chi connectivity index (χ1) is 10.6. The van der Waals surface area contributed by atoms with E-state index in [-0.39, 0.29) is 18.3 Å². The summed E-state index contributed by atoms with van der Waals surface area (Å²) >= 11 is 3.13. The number of hydrogen-bond acceptors (Lipinski definition) is 3. The van der Waals surface area contributed by atoms with Crippen molar-refractivity contribution in [3.05, 3.63) is 34.1 Å². The van der Waals surface area contributed by atoms with Crippen LogP contribution in [0.1, 0.15) is 43.8 Å². The van der Waals surface area contributed by atoms with Crippen LogP contribution in [0.15, 0.2) is 22.7 Å². The third-order valence-corrected chi connectivity index (χ3v) is 5.11. The first-order valence-corrected chi connectivity index (χ1v) is 8.84. The maximum absolute atomic E-state index is 13.2. The minimum absolute atomic E-state index is 0.182. The molecule has 0 radical (unpaired) electrons. The van der Waals surface area contributed by atoms with Crippen LogP contribution in [0.4, 0.5) is 4.39 Å². The summed E-state index contributed by atoms with van der Waals surface area (Å²) in [6.45, 7) is 1.29. The second-order valence-corrected chi connectivity index (χ2v) is 7.14. The Morgan fingerprint density at radius 1 is 1.27 bits per heavy atom. The summed E-state index contributed by atoms with van der Waals surface area (Å²) in [4.78, 5) is 0. The number of aliphatic hydroxyl groups is 2. The quantitative estimate of drug-likeness (QED) is 0.654. The molecule has 2 atom stereocenters. The summed E-state index contributed by atoms with van der Waals surface area (Å²) in [6, 6.07) is 4.54. The van der Waals surface area contributed by atoms with E-state index in [9.17, 15) is 14.6 Å². The number of hydrogen-bond donors (Lipinski definition) is 3. The van der Waals surface area contributed by atoms with E-state index in [0.29, 0.717) is 23.1 Å². The van der Waals surface area contributed by atoms with Crippen LogP contribution in [0.2, 0.25) is 0 Å². The Labute approximate surface area is 140 Å². The highest BCUT2D eigenvalue weighted by molar-refractivity contribution is 9.10. The van der Waals surface area contributed by atoms with Gasteiger partial charge in [-0.1, -0.05) is 31.7 Å². The fourth-order valence-corrected chi connectivity index (χ4v) is 3.60. The fourth-order valence-electron chi connectivity index (χ4n) is 3.20. The summed E-state index contributed by atoms with van der Waals surface area (Å²) in [6.07, 6.45) is 5.57. The van der Waals surface area contributed by atoms with E-state index in [1.54, 1.807) is 12.1 Å². The van der Waals surface area contributed by atoms with Crippen LogP contribution in [-0.4, -0.2) is 29.9 Å². The zero-order valence-electron chi connectivity index (χ0n) is 12.8. The molecule has 1 saturated carbocycles. The number of benzene rings is 1. The lowest BCUT2D eigenvalue weighted by atomic mass is 9.93. The van der Waals surface area contributed by atoms with Crippen LogP contribution >= 0.6 is 15.9 Å². The molecule has 1 aliphatic carbocycles. The van der Waals surface area contributed by atoms with Crippen molar-refractivity contribution in [3.8, 4) is 0 Å². The summed E-state index contributed by atoms with van der Waals surface area (Å²) in [5.74, 6) is 0.660. The third-order valence-electron chi connectivity index (χ3n) is 4.50.